The summed E-state index contributed by atoms with van der Waals surface area (Å²) >= 11 is 1.70. The van der Waals surface area contributed by atoms with Gasteiger partial charge in [0.15, 0.2) is 0 Å². The van der Waals surface area contributed by atoms with Crippen molar-refractivity contribution in [1.29, 1.82) is 0 Å². The van der Waals surface area contributed by atoms with Gasteiger partial charge in [0.2, 0.25) is 5.91 Å². The highest BCUT2D eigenvalue weighted by atomic mass is 32.1. The van der Waals surface area contributed by atoms with E-state index in [0.717, 1.165) is 36.2 Å². The van der Waals surface area contributed by atoms with E-state index in [0.29, 0.717) is 19.0 Å². The zero-order chi connectivity index (χ0) is 14.7. The lowest BCUT2D eigenvalue weighted by Gasteiger charge is -2.17. The van der Waals surface area contributed by atoms with Crippen LogP contribution in [-0.4, -0.2) is 24.0 Å². The fourth-order valence-corrected chi connectivity index (χ4v) is 4.08. The van der Waals surface area contributed by atoms with E-state index in [4.69, 9.17) is 5.73 Å². The summed E-state index contributed by atoms with van der Waals surface area (Å²) in [7, 11) is 0. The van der Waals surface area contributed by atoms with Crippen molar-refractivity contribution in [1.82, 2.24) is 10.3 Å². The van der Waals surface area contributed by atoms with Gasteiger partial charge in [-0.3, -0.25) is 4.79 Å². The maximum absolute atomic E-state index is 12.2. The van der Waals surface area contributed by atoms with Crippen molar-refractivity contribution in [2.75, 3.05) is 13.1 Å². The van der Waals surface area contributed by atoms with Crippen LogP contribution in [0.1, 0.15) is 24.3 Å². The Morgan fingerprint density at radius 3 is 3.05 bits per heavy atom. The summed E-state index contributed by atoms with van der Waals surface area (Å²) in [6.07, 6.45) is 3.99. The number of para-hydroxylation sites is 1. The predicted octanol–water partition coefficient (Wildman–Crippen LogP) is 2.33. The van der Waals surface area contributed by atoms with Crippen LogP contribution in [0.15, 0.2) is 24.3 Å². The molecule has 4 nitrogen and oxygen atoms in total. The van der Waals surface area contributed by atoms with E-state index in [1.54, 1.807) is 11.3 Å². The summed E-state index contributed by atoms with van der Waals surface area (Å²) in [5.74, 6) is 0.655. The topological polar surface area (TPSA) is 68.0 Å². The minimum atomic E-state index is 0.116. The molecule has 3 rings (SSSR count). The SMILES string of the molecule is NC[C@H]1CCC[C@H]1C(=O)NCCc1nc2ccccc2s1. The Bertz CT molecular complexity index is 592. The Kier molecular flexibility index (Phi) is 4.51. The molecule has 2 aromatic rings. The summed E-state index contributed by atoms with van der Waals surface area (Å²) in [5.41, 5.74) is 6.78. The lowest BCUT2D eigenvalue weighted by Crippen LogP contribution is -2.36. The van der Waals surface area contributed by atoms with Crippen LogP contribution in [-0.2, 0) is 11.2 Å². The molecule has 0 aliphatic heterocycles. The first kappa shape index (κ1) is 14.5. The molecule has 1 aromatic carbocycles. The molecule has 5 heteroatoms. The number of aromatic nitrogens is 1. The first-order valence-corrected chi connectivity index (χ1v) is 8.42. The lowest BCUT2D eigenvalue weighted by molar-refractivity contribution is -0.125. The van der Waals surface area contributed by atoms with Crippen LogP contribution >= 0.6 is 11.3 Å². The predicted molar refractivity (Wildman–Crippen MR) is 86.2 cm³/mol. The van der Waals surface area contributed by atoms with Crippen LogP contribution < -0.4 is 11.1 Å². The highest BCUT2D eigenvalue weighted by Gasteiger charge is 2.31. The van der Waals surface area contributed by atoms with Gasteiger partial charge in [-0.1, -0.05) is 18.6 Å². The fourth-order valence-electron chi connectivity index (χ4n) is 3.11. The Labute approximate surface area is 128 Å². The van der Waals surface area contributed by atoms with Gasteiger partial charge >= 0.3 is 0 Å². The van der Waals surface area contributed by atoms with E-state index in [9.17, 15) is 4.79 Å². The molecule has 1 aliphatic carbocycles. The highest BCUT2D eigenvalue weighted by Crippen LogP contribution is 2.30. The van der Waals surface area contributed by atoms with Gasteiger partial charge in [0.1, 0.15) is 0 Å². The van der Waals surface area contributed by atoms with E-state index < -0.39 is 0 Å². The smallest absolute Gasteiger partial charge is 0.223 e. The average molecular weight is 303 g/mol. The van der Waals surface area contributed by atoms with E-state index in [2.05, 4.69) is 16.4 Å². The van der Waals surface area contributed by atoms with E-state index in [1.807, 2.05) is 18.2 Å². The quantitative estimate of drug-likeness (QED) is 0.891. The lowest BCUT2D eigenvalue weighted by atomic mass is 9.95. The third-order valence-corrected chi connectivity index (χ3v) is 5.37. The third-order valence-electron chi connectivity index (χ3n) is 4.27. The molecule has 3 N–H and O–H groups in total. The Morgan fingerprint density at radius 1 is 1.38 bits per heavy atom. The molecular weight excluding hydrogens is 282 g/mol. The summed E-state index contributed by atoms with van der Waals surface area (Å²) in [6, 6.07) is 8.14. The number of carbonyl (C=O) groups is 1. The number of hydrogen-bond acceptors (Lipinski definition) is 4. The largest absolute Gasteiger partial charge is 0.355 e. The number of rotatable bonds is 5. The van der Waals surface area contributed by atoms with Gasteiger partial charge < -0.3 is 11.1 Å². The molecule has 1 heterocycles. The number of fused-ring (bicyclic) bond motifs is 1. The maximum Gasteiger partial charge on any atom is 0.223 e. The standard InChI is InChI=1S/C16H21N3OS/c17-10-11-4-3-5-12(11)16(20)18-9-8-15-19-13-6-1-2-7-14(13)21-15/h1-2,6-7,11-12H,3-5,8-10,17H2,(H,18,20)/t11-,12-/m1/s1. The number of nitrogens with one attached hydrogen (secondary N) is 1. The molecule has 2 atom stereocenters. The van der Waals surface area contributed by atoms with E-state index in [1.165, 1.54) is 4.70 Å². The Morgan fingerprint density at radius 2 is 2.24 bits per heavy atom. The summed E-state index contributed by atoms with van der Waals surface area (Å²) in [5, 5.41) is 4.14. The zero-order valence-corrected chi connectivity index (χ0v) is 12.9. The van der Waals surface area contributed by atoms with Crippen LogP contribution in [0.2, 0.25) is 0 Å². The number of hydrogen-bond donors (Lipinski definition) is 2. The normalized spacial score (nSPS) is 21.8. The summed E-state index contributed by atoms with van der Waals surface area (Å²) in [6.45, 7) is 1.28. The molecule has 1 aliphatic rings. The minimum absolute atomic E-state index is 0.116. The first-order chi connectivity index (χ1) is 10.3. The van der Waals surface area contributed by atoms with Gasteiger partial charge in [-0.05, 0) is 37.4 Å². The van der Waals surface area contributed by atoms with Gasteiger partial charge in [-0.25, -0.2) is 4.98 Å². The van der Waals surface area contributed by atoms with Crippen molar-refractivity contribution in [2.24, 2.45) is 17.6 Å². The number of nitrogens with zero attached hydrogens (tertiary/aromatic N) is 1. The number of benzene rings is 1. The van der Waals surface area contributed by atoms with Gasteiger partial charge in [0.05, 0.1) is 15.2 Å². The van der Waals surface area contributed by atoms with Gasteiger partial charge in [0.25, 0.3) is 0 Å². The molecule has 21 heavy (non-hydrogen) atoms. The Hall–Kier alpha value is -1.46. The van der Waals surface area contributed by atoms with Crippen LogP contribution in [0.25, 0.3) is 10.2 Å². The molecule has 0 unspecified atom stereocenters. The second-order valence-corrected chi connectivity index (χ2v) is 6.76. The van der Waals surface area contributed by atoms with Gasteiger partial charge in [0, 0.05) is 18.9 Å². The average Bonchev–Trinajstić information content (AvgIpc) is 3.12. The van der Waals surface area contributed by atoms with Crippen molar-refractivity contribution in [3.8, 4) is 0 Å². The molecule has 1 amide bonds. The zero-order valence-electron chi connectivity index (χ0n) is 12.0. The molecule has 0 spiro atoms. The third kappa shape index (κ3) is 3.24. The number of thiazole rings is 1. The van der Waals surface area contributed by atoms with Crippen LogP contribution in [0.4, 0.5) is 0 Å². The van der Waals surface area contributed by atoms with E-state index >= 15 is 0 Å². The monoisotopic (exact) mass is 303 g/mol. The van der Waals surface area contributed by atoms with Crippen molar-refractivity contribution in [2.45, 2.75) is 25.7 Å². The van der Waals surface area contributed by atoms with Gasteiger partial charge in [-0.15, -0.1) is 11.3 Å². The van der Waals surface area contributed by atoms with Crippen LogP contribution in [0.3, 0.4) is 0 Å². The number of amides is 1. The molecule has 1 saturated carbocycles. The van der Waals surface area contributed by atoms with Gasteiger partial charge in [-0.2, -0.15) is 0 Å². The summed E-state index contributed by atoms with van der Waals surface area (Å²) < 4.78 is 1.21. The second-order valence-electron chi connectivity index (χ2n) is 5.65. The molecule has 0 radical (unpaired) electrons. The summed E-state index contributed by atoms with van der Waals surface area (Å²) in [4.78, 5) is 16.8. The molecule has 0 bridgehead atoms. The van der Waals surface area contributed by atoms with Crippen LogP contribution in [0.5, 0.6) is 0 Å². The van der Waals surface area contributed by atoms with Crippen molar-refractivity contribution in [3.63, 3.8) is 0 Å². The molecule has 1 aromatic heterocycles. The first-order valence-electron chi connectivity index (χ1n) is 7.60. The molecule has 112 valence electrons. The molecule has 0 saturated heterocycles. The second kappa shape index (κ2) is 6.54. The number of carbonyl (C=O) groups excluding carboxylic acids is 1. The minimum Gasteiger partial charge on any atom is -0.355 e. The van der Waals surface area contributed by atoms with E-state index in [-0.39, 0.29) is 11.8 Å². The van der Waals surface area contributed by atoms with Crippen LogP contribution in [0, 0.1) is 11.8 Å². The highest BCUT2D eigenvalue weighted by molar-refractivity contribution is 7.18. The van der Waals surface area contributed by atoms with Crippen molar-refractivity contribution < 1.29 is 4.79 Å². The maximum atomic E-state index is 12.2. The number of nitrogens with two attached hydrogens (primary N) is 1. The molecule has 1 fully saturated rings. The van der Waals surface area contributed by atoms with Crippen molar-refractivity contribution in [3.05, 3.63) is 29.3 Å². The molecular formula is C16H21N3OS. The van der Waals surface area contributed by atoms with Crippen molar-refractivity contribution >= 4 is 27.5 Å². The fraction of sp³-hybridized carbons (Fsp3) is 0.500. The Balaban J connectivity index is 1.52.